The first-order valence-electron chi connectivity index (χ1n) is 8.69. The molecule has 0 saturated carbocycles. The van der Waals surface area contributed by atoms with Crippen LogP contribution in [0.4, 0.5) is 4.39 Å². The molecule has 1 aromatic heterocycles. The van der Waals surface area contributed by atoms with Crippen LogP contribution in [0.25, 0.3) is 11.0 Å². The quantitative estimate of drug-likeness (QED) is 0.588. The molecular formula is C21H22FNO4. The summed E-state index contributed by atoms with van der Waals surface area (Å²) in [6.45, 7) is 3.86. The zero-order valence-corrected chi connectivity index (χ0v) is 15.6. The molecule has 0 fully saturated rings. The van der Waals surface area contributed by atoms with Gasteiger partial charge in [-0.2, -0.15) is 0 Å². The van der Waals surface area contributed by atoms with E-state index in [4.69, 9.17) is 13.9 Å². The highest BCUT2D eigenvalue weighted by molar-refractivity contribution is 5.81. The van der Waals surface area contributed by atoms with E-state index in [1.807, 2.05) is 25.1 Å². The molecule has 0 unspecified atom stereocenters. The highest BCUT2D eigenvalue weighted by Crippen LogP contribution is 2.24. The molecule has 0 saturated heterocycles. The molecule has 0 aliphatic carbocycles. The Labute approximate surface area is 156 Å². The van der Waals surface area contributed by atoms with E-state index in [1.165, 1.54) is 19.2 Å². The molecule has 0 aliphatic heterocycles. The van der Waals surface area contributed by atoms with E-state index >= 15 is 0 Å². The molecule has 0 spiro atoms. The molecule has 1 heterocycles. The second-order valence-electron chi connectivity index (χ2n) is 6.22. The fourth-order valence-electron chi connectivity index (χ4n) is 3.05. The van der Waals surface area contributed by atoms with Gasteiger partial charge in [0.25, 0.3) is 0 Å². The average molecular weight is 371 g/mol. The lowest BCUT2D eigenvalue weighted by Gasteiger charge is -2.21. The van der Waals surface area contributed by atoms with Crippen LogP contribution in [-0.4, -0.2) is 25.7 Å². The number of hydrogen-bond acceptors (Lipinski definition) is 5. The highest BCUT2D eigenvalue weighted by atomic mass is 19.1. The molecule has 0 radical (unpaired) electrons. The van der Waals surface area contributed by atoms with E-state index in [1.54, 1.807) is 19.2 Å². The summed E-state index contributed by atoms with van der Waals surface area (Å²) in [5.74, 6) is 0.468. The lowest BCUT2D eigenvalue weighted by Crippen LogP contribution is -2.23. The van der Waals surface area contributed by atoms with Crippen molar-refractivity contribution in [2.45, 2.75) is 20.0 Å². The monoisotopic (exact) mass is 371 g/mol. The Hall–Kier alpha value is -2.86. The van der Waals surface area contributed by atoms with Gasteiger partial charge in [0.1, 0.15) is 11.3 Å². The maximum Gasteiger partial charge on any atom is 0.336 e. The maximum atomic E-state index is 14.0. The van der Waals surface area contributed by atoms with E-state index in [0.717, 1.165) is 23.1 Å². The molecular weight excluding hydrogens is 349 g/mol. The summed E-state index contributed by atoms with van der Waals surface area (Å²) in [4.78, 5) is 14.1. The number of ether oxygens (including phenoxy) is 2. The second-order valence-corrected chi connectivity index (χ2v) is 6.22. The highest BCUT2D eigenvalue weighted by Gasteiger charge is 2.12. The van der Waals surface area contributed by atoms with Crippen LogP contribution in [-0.2, 0) is 13.1 Å². The van der Waals surface area contributed by atoms with Gasteiger partial charge in [0.05, 0.1) is 14.2 Å². The Morgan fingerprint density at radius 2 is 1.85 bits per heavy atom. The van der Waals surface area contributed by atoms with Crippen molar-refractivity contribution in [2.75, 3.05) is 20.8 Å². The third-order valence-electron chi connectivity index (χ3n) is 4.50. The van der Waals surface area contributed by atoms with Crippen LogP contribution in [0.15, 0.2) is 51.7 Å². The number of hydrogen-bond donors (Lipinski definition) is 0. The fraction of sp³-hybridized carbons (Fsp3) is 0.286. The molecule has 3 rings (SSSR count). The first-order chi connectivity index (χ1) is 13.0. The molecule has 142 valence electrons. The van der Waals surface area contributed by atoms with Gasteiger partial charge in [-0.05, 0) is 41.9 Å². The SMILES string of the molecule is CCN(Cc1ccc(OC)c(F)c1)Cc1cc(=O)oc2cc(OC)ccc12. The summed E-state index contributed by atoms with van der Waals surface area (Å²) in [5, 5.41) is 0.856. The van der Waals surface area contributed by atoms with Crippen LogP contribution in [0.5, 0.6) is 11.5 Å². The Bertz CT molecular complexity index is 999. The van der Waals surface area contributed by atoms with Crippen LogP contribution < -0.4 is 15.1 Å². The topological polar surface area (TPSA) is 51.9 Å². The first-order valence-corrected chi connectivity index (χ1v) is 8.69. The molecule has 0 N–H and O–H groups in total. The van der Waals surface area contributed by atoms with Gasteiger partial charge in [-0.15, -0.1) is 0 Å². The molecule has 6 heteroatoms. The minimum Gasteiger partial charge on any atom is -0.497 e. The molecule has 5 nitrogen and oxygen atoms in total. The average Bonchev–Trinajstić information content (AvgIpc) is 2.66. The van der Waals surface area contributed by atoms with Gasteiger partial charge in [0, 0.05) is 30.6 Å². The predicted octanol–water partition coefficient (Wildman–Crippen LogP) is 3.97. The molecule has 0 amide bonds. The van der Waals surface area contributed by atoms with E-state index in [2.05, 4.69) is 4.90 Å². The third-order valence-corrected chi connectivity index (χ3v) is 4.50. The third kappa shape index (κ3) is 4.28. The number of benzene rings is 2. The van der Waals surface area contributed by atoms with Crippen LogP contribution in [0, 0.1) is 5.82 Å². The van der Waals surface area contributed by atoms with Gasteiger partial charge < -0.3 is 13.9 Å². The largest absolute Gasteiger partial charge is 0.497 e. The van der Waals surface area contributed by atoms with Crippen molar-refractivity contribution in [1.82, 2.24) is 4.90 Å². The minimum atomic E-state index is -0.405. The number of nitrogens with zero attached hydrogens (tertiary/aromatic N) is 1. The molecule has 3 aromatic rings. The standard InChI is InChI=1S/C21H22FNO4/c1-4-23(12-14-5-8-19(26-3)18(22)9-14)13-15-10-21(24)27-20-11-16(25-2)6-7-17(15)20/h5-11H,4,12-13H2,1-3H3. The summed E-state index contributed by atoms with van der Waals surface area (Å²) in [6.07, 6.45) is 0. The van der Waals surface area contributed by atoms with Crippen molar-refractivity contribution in [1.29, 1.82) is 0 Å². The van der Waals surface area contributed by atoms with E-state index in [0.29, 0.717) is 24.4 Å². The van der Waals surface area contributed by atoms with Gasteiger partial charge in [-0.25, -0.2) is 9.18 Å². The van der Waals surface area contributed by atoms with Crippen molar-refractivity contribution in [2.24, 2.45) is 0 Å². The number of methoxy groups -OCH3 is 2. The summed E-state index contributed by atoms with van der Waals surface area (Å²) < 4.78 is 29.4. The van der Waals surface area contributed by atoms with Crippen molar-refractivity contribution in [3.05, 3.63) is 69.8 Å². The van der Waals surface area contributed by atoms with Gasteiger partial charge >= 0.3 is 5.63 Å². The Morgan fingerprint density at radius 1 is 1.04 bits per heavy atom. The van der Waals surface area contributed by atoms with E-state index < -0.39 is 5.63 Å². The van der Waals surface area contributed by atoms with Crippen LogP contribution in [0.1, 0.15) is 18.1 Å². The predicted molar refractivity (Wildman–Crippen MR) is 102 cm³/mol. The molecule has 2 aromatic carbocycles. The summed E-state index contributed by atoms with van der Waals surface area (Å²) >= 11 is 0. The van der Waals surface area contributed by atoms with E-state index in [9.17, 15) is 9.18 Å². The smallest absolute Gasteiger partial charge is 0.336 e. The fourth-order valence-corrected chi connectivity index (χ4v) is 3.05. The van der Waals surface area contributed by atoms with Crippen molar-refractivity contribution in [3.8, 4) is 11.5 Å². The lowest BCUT2D eigenvalue weighted by molar-refractivity contribution is 0.271. The molecule has 0 aliphatic rings. The van der Waals surface area contributed by atoms with Gasteiger partial charge in [0.2, 0.25) is 0 Å². The zero-order valence-electron chi connectivity index (χ0n) is 15.6. The Balaban J connectivity index is 1.88. The second kappa shape index (κ2) is 8.22. The Kier molecular flexibility index (Phi) is 5.76. The zero-order chi connectivity index (χ0) is 19.4. The van der Waals surface area contributed by atoms with Gasteiger partial charge in [0.15, 0.2) is 11.6 Å². The van der Waals surface area contributed by atoms with Crippen molar-refractivity contribution >= 4 is 11.0 Å². The molecule has 0 bridgehead atoms. The first kappa shape index (κ1) is 18.9. The van der Waals surface area contributed by atoms with E-state index in [-0.39, 0.29) is 11.6 Å². The number of halogens is 1. The summed E-state index contributed by atoms with van der Waals surface area (Å²) in [7, 11) is 3.01. The van der Waals surface area contributed by atoms with Crippen molar-refractivity contribution < 1.29 is 18.3 Å². The number of fused-ring (bicyclic) bond motifs is 1. The van der Waals surface area contributed by atoms with Gasteiger partial charge in [-0.1, -0.05) is 13.0 Å². The maximum absolute atomic E-state index is 14.0. The minimum absolute atomic E-state index is 0.224. The van der Waals surface area contributed by atoms with Crippen molar-refractivity contribution in [3.63, 3.8) is 0 Å². The lowest BCUT2D eigenvalue weighted by atomic mass is 10.1. The molecule has 0 atom stereocenters. The summed E-state index contributed by atoms with van der Waals surface area (Å²) in [5.41, 5.74) is 1.78. The van der Waals surface area contributed by atoms with Gasteiger partial charge in [-0.3, -0.25) is 4.90 Å². The molecule has 27 heavy (non-hydrogen) atoms. The van der Waals surface area contributed by atoms with Crippen LogP contribution >= 0.6 is 0 Å². The Morgan fingerprint density at radius 3 is 2.52 bits per heavy atom. The van der Waals surface area contributed by atoms with Crippen LogP contribution in [0.2, 0.25) is 0 Å². The number of rotatable bonds is 7. The normalized spacial score (nSPS) is 11.1. The van der Waals surface area contributed by atoms with Crippen LogP contribution in [0.3, 0.4) is 0 Å². The summed E-state index contributed by atoms with van der Waals surface area (Å²) in [6, 6.07) is 11.9.